The molecule has 2 rings (SSSR count). The quantitative estimate of drug-likeness (QED) is 0.684. The zero-order valence-electron chi connectivity index (χ0n) is 9.71. The van der Waals surface area contributed by atoms with Gasteiger partial charge in [0.05, 0.1) is 0 Å². The Hall–Kier alpha value is -0.560. The third kappa shape index (κ3) is 2.34. The summed E-state index contributed by atoms with van der Waals surface area (Å²) in [6.45, 7) is 2.22. The van der Waals surface area contributed by atoms with Crippen molar-refractivity contribution in [2.75, 3.05) is 0 Å². The number of rotatable bonds is 2. The highest BCUT2D eigenvalue weighted by atomic mass is 16.3. The fourth-order valence-corrected chi connectivity index (χ4v) is 2.72. The van der Waals surface area contributed by atoms with Crippen molar-refractivity contribution in [3.63, 3.8) is 0 Å². The number of aliphatic hydroxyl groups is 1. The van der Waals surface area contributed by atoms with Crippen LogP contribution in [0.15, 0.2) is 23.8 Å². The zero-order valence-corrected chi connectivity index (χ0v) is 9.71. The number of hydrogen-bond donors (Lipinski definition) is 1. The molecule has 0 heterocycles. The molecule has 2 aliphatic carbocycles. The van der Waals surface area contributed by atoms with Crippen LogP contribution in [-0.4, -0.2) is 10.7 Å². The van der Waals surface area contributed by atoms with Crippen LogP contribution in [0, 0.1) is 5.92 Å². The lowest BCUT2D eigenvalue weighted by molar-refractivity contribution is 0.0993. The molecule has 0 radical (unpaired) electrons. The van der Waals surface area contributed by atoms with Crippen molar-refractivity contribution in [3.8, 4) is 0 Å². The molecule has 0 aromatic carbocycles. The minimum Gasteiger partial charge on any atom is -0.381 e. The van der Waals surface area contributed by atoms with E-state index in [4.69, 9.17) is 0 Å². The molecule has 2 aliphatic rings. The lowest BCUT2D eigenvalue weighted by Gasteiger charge is -2.34. The molecule has 0 fully saturated rings. The van der Waals surface area contributed by atoms with Crippen molar-refractivity contribution < 1.29 is 5.11 Å². The molecule has 0 aromatic heterocycles. The van der Waals surface area contributed by atoms with Crippen LogP contribution in [0.4, 0.5) is 0 Å². The van der Waals surface area contributed by atoms with Gasteiger partial charge in [-0.05, 0) is 56.4 Å². The Balaban J connectivity index is 2.10. The summed E-state index contributed by atoms with van der Waals surface area (Å²) < 4.78 is 0. The summed E-state index contributed by atoms with van der Waals surface area (Å²) in [6.07, 6.45) is 14.6. The van der Waals surface area contributed by atoms with Crippen LogP contribution in [0.3, 0.4) is 0 Å². The van der Waals surface area contributed by atoms with Gasteiger partial charge in [-0.2, -0.15) is 0 Å². The molecule has 0 saturated heterocycles. The first-order valence-corrected chi connectivity index (χ1v) is 6.36. The van der Waals surface area contributed by atoms with Crippen molar-refractivity contribution in [2.24, 2.45) is 5.92 Å². The lowest BCUT2D eigenvalue weighted by Crippen LogP contribution is -2.32. The first-order chi connectivity index (χ1) is 7.24. The van der Waals surface area contributed by atoms with Gasteiger partial charge in [-0.3, -0.25) is 0 Å². The zero-order chi connectivity index (χ0) is 10.7. The SMILES string of the molecule is CCC1C=CC(O)(C2=CCCCC2)CC1. The first-order valence-electron chi connectivity index (χ1n) is 6.36. The molecule has 0 aromatic rings. The van der Waals surface area contributed by atoms with Crippen LogP contribution in [0.1, 0.15) is 51.9 Å². The van der Waals surface area contributed by atoms with Gasteiger partial charge in [0, 0.05) is 0 Å². The van der Waals surface area contributed by atoms with E-state index in [0.29, 0.717) is 5.92 Å². The summed E-state index contributed by atoms with van der Waals surface area (Å²) in [4.78, 5) is 0. The predicted octanol–water partition coefficient (Wildman–Crippen LogP) is 3.59. The van der Waals surface area contributed by atoms with Gasteiger partial charge >= 0.3 is 0 Å². The first kappa shape index (κ1) is 10.9. The van der Waals surface area contributed by atoms with Crippen molar-refractivity contribution in [3.05, 3.63) is 23.8 Å². The highest BCUT2D eigenvalue weighted by Gasteiger charge is 2.32. The maximum absolute atomic E-state index is 10.6. The normalized spacial score (nSPS) is 36.4. The lowest BCUT2D eigenvalue weighted by atomic mass is 9.76. The Morgan fingerprint density at radius 3 is 2.87 bits per heavy atom. The van der Waals surface area contributed by atoms with Gasteiger partial charge in [0.15, 0.2) is 0 Å². The molecular weight excluding hydrogens is 184 g/mol. The smallest absolute Gasteiger partial charge is 0.104 e. The maximum Gasteiger partial charge on any atom is 0.104 e. The molecule has 2 atom stereocenters. The van der Waals surface area contributed by atoms with E-state index < -0.39 is 5.60 Å². The molecule has 0 amide bonds. The molecule has 1 heteroatoms. The van der Waals surface area contributed by atoms with Gasteiger partial charge in [-0.15, -0.1) is 0 Å². The third-order valence-electron chi connectivity index (χ3n) is 3.91. The van der Waals surface area contributed by atoms with Crippen LogP contribution in [-0.2, 0) is 0 Å². The standard InChI is InChI=1S/C14H22O/c1-2-12-8-10-14(15,11-9-12)13-6-4-3-5-7-13/h6,8,10,12,15H,2-5,7,9,11H2,1H3. The molecule has 1 N–H and O–H groups in total. The summed E-state index contributed by atoms with van der Waals surface area (Å²) in [5.74, 6) is 0.689. The van der Waals surface area contributed by atoms with E-state index in [1.807, 2.05) is 0 Å². The number of hydrogen-bond acceptors (Lipinski definition) is 1. The number of allylic oxidation sites excluding steroid dienone is 2. The highest BCUT2D eigenvalue weighted by molar-refractivity contribution is 5.28. The van der Waals surface area contributed by atoms with Gasteiger partial charge in [-0.1, -0.05) is 25.2 Å². The van der Waals surface area contributed by atoms with Crippen molar-refractivity contribution in [1.82, 2.24) is 0 Å². The Kier molecular flexibility index (Phi) is 3.30. The van der Waals surface area contributed by atoms with Gasteiger partial charge in [0.2, 0.25) is 0 Å². The van der Waals surface area contributed by atoms with E-state index in [0.717, 1.165) is 25.7 Å². The molecule has 0 saturated carbocycles. The summed E-state index contributed by atoms with van der Waals surface area (Å²) >= 11 is 0. The second-order valence-electron chi connectivity index (χ2n) is 4.97. The molecule has 84 valence electrons. The van der Waals surface area contributed by atoms with Crippen LogP contribution in [0.2, 0.25) is 0 Å². The molecule has 1 nitrogen and oxygen atoms in total. The predicted molar refractivity (Wildman–Crippen MR) is 63.7 cm³/mol. The fourth-order valence-electron chi connectivity index (χ4n) is 2.72. The van der Waals surface area contributed by atoms with Gasteiger partial charge in [-0.25, -0.2) is 0 Å². The maximum atomic E-state index is 10.6. The van der Waals surface area contributed by atoms with Gasteiger partial charge in [0.25, 0.3) is 0 Å². The topological polar surface area (TPSA) is 20.2 Å². The van der Waals surface area contributed by atoms with E-state index in [1.165, 1.54) is 24.8 Å². The van der Waals surface area contributed by atoms with E-state index in [1.54, 1.807) is 0 Å². The molecule has 0 aliphatic heterocycles. The summed E-state index contributed by atoms with van der Waals surface area (Å²) in [7, 11) is 0. The van der Waals surface area contributed by atoms with Gasteiger partial charge in [0.1, 0.15) is 5.60 Å². The highest BCUT2D eigenvalue weighted by Crippen LogP contribution is 2.36. The Morgan fingerprint density at radius 1 is 1.47 bits per heavy atom. The summed E-state index contributed by atoms with van der Waals surface area (Å²) in [5, 5.41) is 10.6. The molecule has 0 bridgehead atoms. The van der Waals surface area contributed by atoms with E-state index in [9.17, 15) is 5.11 Å². The minimum atomic E-state index is -0.591. The van der Waals surface area contributed by atoms with Crippen LogP contribution < -0.4 is 0 Å². The summed E-state index contributed by atoms with van der Waals surface area (Å²) in [5.41, 5.74) is 0.686. The van der Waals surface area contributed by atoms with E-state index >= 15 is 0 Å². The van der Waals surface area contributed by atoms with Crippen molar-refractivity contribution >= 4 is 0 Å². The second kappa shape index (κ2) is 4.52. The largest absolute Gasteiger partial charge is 0.381 e. The minimum absolute atomic E-state index is 0.591. The molecular formula is C14H22O. The monoisotopic (exact) mass is 206 g/mol. The van der Waals surface area contributed by atoms with Crippen LogP contribution >= 0.6 is 0 Å². The van der Waals surface area contributed by atoms with Crippen LogP contribution in [0.5, 0.6) is 0 Å². The van der Waals surface area contributed by atoms with Crippen LogP contribution in [0.25, 0.3) is 0 Å². The van der Waals surface area contributed by atoms with E-state index in [2.05, 4.69) is 25.2 Å². The summed E-state index contributed by atoms with van der Waals surface area (Å²) in [6, 6.07) is 0. The van der Waals surface area contributed by atoms with E-state index in [-0.39, 0.29) is 0 Å². The molecule has 15 heavy (non-hydrogen) atoms. The average Bonchev–Trinajstić information content (AvgIpc) is 2.31. The Labute approximate surface area is 92.9 Å². The fraction of sp³-hybridized carbons (Fsp3) is 0.714. The van der Waals surface area contributed by atoms with Gasteiger partial charge < -0.3 is 5.11 Å². The third-order valence-corrected chi connectivity index (χ3v) is 3.91. The Bertz CT molecular complexity index is 277. The van der Waals surface area contributed by atoms with Crippen molar-refractivity contribution in [1.29, 1.82) is 0 Å². The van der Waals surface area contributed by atoms with Crippen molar-refractivity contribution in [2.45, 2.75) is 57.5 Å². The molecule has 2 unspecified atom stereocenters. The average molecular weight is 206 g/mol. The Morgan fingerprint density at radius 2 is 2.33 bits per heavy atom. The molecule has 0 spiro atoms. The second-order valence-corrected chi connectivity index (χ2v) is 4.97.